The molecular formula is C21H21Cl2N3O3. The summed E-state index contributed by atoms with van der Waals surface area (Å²) in [6.07, 6.45) is 7.37. The molecule has 2 heterocycles. The second-order valence-electron chi connectivity index (χ2n) is 6.19. The number of hydrogen-bond acceptors (Lipinski definition) is 4. The third kappa shape index (κ3) is 5.43. The Kier molecular flexibility index (Phi) is 7.01. The smallest absolute Gasteiger partial charge is 0.244 e. The average Bonchev–Trinajstić information content (AvgIpc) is 3.10. The highest BCUT2D eigenvalue weighted by atomic mass is 35.5. The Morgan fingerprint density at radius 1 is 1.24 bits per heavy atom. The normalized spacial score (nSPS) is 11.2. The Morgan fingerprint density at radius 2 is 2.07 bits per heavy atom. The summed E-state index contributed by atoms with van der Waals surface area (Å²) in [4.78, 5) is 16.5. The summed E-state index contributed by atoms with van der Waals surface area (Å²) in [5.74, 6) is 1.10. The molecule has 0 aliphatic rings. The standard InChI is InChI=1S/C21H21Cl2N3O3/c1-3-29-18-6-4-14(10-19(18)28-2)5-7-20(27)24-9-8-16-13-26-12-15(22)11-17(23)21(26)25-16/h4-7,10-13H,3,8-9H2,1-2H3,(H,24,27)/b7-5+. The monoisotopic (exact) mass is 433 g/mol. The van der Waals surface area contributed by atoms with Gasteiger partial charge in [-0.25, -0.2) is 4.98 Å². The molecule has 0 unspecified atom stereocenters. The number of benzene rings is 1. The van der Waals surface area contributed by atoms with Gasteiger partial charge in [-0.3, -0.25) is 4.79 Å². The lowest BCUT2D eigenvalue weighted by molar-refractivity contribution is -0.116. The second-order valence-corrected chi connectivity index (χ2v) is 7.03. The van der Waals surface area contributed by atoms with E-state index in [1.54, 1.807) is 29.8 Å². The highest BCUT2D eigenvalue weighted by molar-refractivity contribution is 6.36. The molecule has 2 aromatic heterocycles. The summed E-state index contributed by atoms with van der Waals surface area (Å²) < 4.78 is 12.6. The van der Waals surface area contributed by atoms with Gasteiger partial charge < -0.3 is 19.2 Å². The summed E-state index contributed by atoms with van der Waals surface area (Å²) in [6, 6.07) is 7.15. The number of fused-ring (bicyclic) bond motifs is 1. The van der Waals surface area contributed by atoms with E-state index in [9.17, 15) is 4.79 Å². The summed E-state index contributed by atoms with van der Waals surface area (Å²) in [5, 5.41) is 3.87. The molecule has 0 atom stereocenters. The number of carbonyl (C=O) groups excluding carboxylic acids is 1. The van der Waals surface area contributed by atoms with E-state index in [4.69, 9.17) is 32.7 Å². The first kappa shape index (κ1) is 21.0. The van der Waals surface area contributed by atoms with Crippen LogP contribution in [-0.2, 0) is 11.2 Å². The predicted molar refractivity (Wildman–Crippen MR) is 115 cm³/mol. The molecule has 152 valence electrons. The Bertz CT molecular complexity index is 1050. The fourth-order valence-corrected chi connectivity index (χ4v) is 3.33. The number of aromatic nitrogens is 2. The van der Waals surface area contributed by atoms with Crippen molar-refractivity contribution in [3.63, 3.8) is 0 Å². The predicted octanol–water partition coefficient (Wildman–Crippen LogP) is 4.42. The maximum absolute atomic E-state index is 12.1. The second kappa shape index (κ2) is 9.67. The van der Waals surface area contributed by atoms with Gasteiger partial charge in [0.25, 0.3) is 0 Å². The van der Waals surface area contributed by atoms with Gasteiger partial charge in [-0.05, 0) is 36.8 Å². The van der Waals surface area contributed by atoms with E-state index < -0.39 is 0 Å². The molecule has 0 radical (unpaired) electrons. The van der Waals surface area contributed by atoms with Crippen molar-refractivity contribution >= 4 is 40.8 Å². The number of amides is 1. The Morgan fingerprint density at radius 3 is 2.83 bits per heavy atom. The van der Waals surface area contributed by atoms with Crippen LogP contribution >= 0.6 is 23.2 Å². The van der Waals surface area contributed by atoms with Crippen molar-refractivity contribution in [2.75, 3.05) is 20.3 Å². The number of nitrogens with zero attached hydrogens (tertiary/aromatic N) is 2. The summed E-state index contributed by atoms with van der Waals surface area (Å²) >= 11 is 12.1. The molecule has 1 N–H and O–H groups in total. The number of nitrogens with one attached hydrogen (secondary N) is 1. The molecule has 3 rings (SSSR count). The van der Waals surface area contributed by atoms with Gasteiger partial charge >= 0.3 is 0 Å². The van der Waals surface area contributed by atoms with Crippen LogP contribution in [0.5, 0.6) is 11.5 Å². The molecule has 8 heteroatoms. The van der Waals surface area contributed by atoms with E-state index in [0.717, 1.165) is 11.3 Å². The van der Waals surface area contributed by atoms with Crippen LogP contribution in [0.2, 0.25) is 10.0 Å². The molecule has 0 saturated carbocycles. The van der Waals surface area contributed by atoms with E-state index in [2.05, 4.69) is 10.3 Å². The van der Waals surface area contributed by atoms with Gasteiger partial charge in [-0.1, -0.05) is 29.3 Å². The molecule has 6 nitrogen and oxygen atoms in total. The number of hydrogen-bond donors (Lipinski definition) is 1. The minimum Gasteiger partial charge on any atom is -0.493 e. The fraction of sp³-hybridized carbons (Fsp3) is 0.238. The van der Waals surface area contributed by atoms with Gasteiger partial charge in [0.1, 0.15) is 0 Å². The SMILES string of the molecule is CCOc1ccc(/C=C/C(=O)NCCc2cn3cc(Cl)cc(Cl)c3n2)cc1OC. The van der Waals surface area contributed by atoms with Crippen LogP contribution < -0.4 is 14.8 Å². The molecule has 29 heavy (non-hydrogen) atoms. The molecule has 3 aromatic rings. The quantitative estimate of drug-likeness (QED) is 0.533. The van der Waals surface area contributed by atoms with E-state index in [1.807, 2.05) is 31.3 Å². The number of pyridine rings is 1. The Hall–Kier alpha value is -2.70. The number of imidazole rings is 1. The van der Waals surface area contributed by atoms with Crippen molar-refractivity contribution < 1.29 is 14.3 Å². The molecule has 0 spiro atoms. The Balaban J connectivity index is 1.55. The first-order valence-electron chi connectivity index (χ1n) is 9.09. The van der Waals surface area contributed by atoms with E-state index in [0.29, 0.717) is 46.8 Å². The van der Waals surface area contributed by atoms with Crippen molar-refractivity contribution in [2.45, 2.75) is 13.3 Å². The minimum absolute atomic E-state index is 0.192. The van der Waals surface area contributed by atoms with Crippen LogP contribution in [0, 0.1) is 0 Å². The fourth-order valence-electron chi connectivity index (χ4n) is 2.80. The van der Waals surface area contributed by atoms with Crippen molar-refractivity contribution in [1.82, 2.24) is 14.7 Å². The number of halogens is 2. The molecule has 0 aliphatic carbocycles. The van der Waals surface area contributed by atoms with Gasteiger partial charge in [0, 0.05) is 31.4 Å². The maximum Gasteiger partial charge on any atom is 0.244 e. The molecule has 0 bridgehead atoms. The zero-order valence-electron chi connectivity index (χ0n) is 16.1. The maximum atomic E-state index is 12.1. The molecule has 1 amide bonds. The molecule has 0 fully saturated rings. The van der Waals surface area contributed by atoms with Gasteiger partial charge in [-0.2, -0.15) is 0 Å². The first-order chi connectivity index (χ1) is 14.0. The lowest BCUT2D eigenvalue weighted by Crippen LogP contribution is -2.23. The number of rotatable bonds is 8. The molecular weight excluding hydrogens is 413 g/mol. The van der Waals surface area contributed by atoms with Crippen molar-refractivity contribution in [2.24, 2.45) is 0 Å². The summed E-state index contributed by atoms with van der Waals surface area (Å²) in [5.41, 5.74) is 2.30. The lowest BCUT2D eigenvalue weighted by atomic mass is 10.2. The third-order valence-electron chi connectivity index (χ3n) is 4.12. The molecule has 0 aliphatic heterocycles. The van der Waals surface area contributed by atoms with Crippen molar-refractivity contribution in [3.05, 3.63) is 64.0 Å². The number of ether oxygens (including phenoxy) is 2. The van der Waals surface area contributed by atoms with Gasteiger partial charge in [0.05, 0.1) is 29.5 Å². The number of methoxy groups -OCH3 is 1. The van der Waals surface area contributed by atoms with Crippen LogP contribution in [0.25, 0.3) is 11.7 Å². The van der Waals surface area contributed by atoms with Gasteiger partial charge in [-0.15, -0.1) is 0 Å². The molecule has 1 aromatic carbocycles. The van der Waals surface area contributed by atoms with E-state index in [1.165, 1.54) is 6.08 Å². The van der Waals surface area contributed by atoms with E-state index >= 15 is 0 Å². The molecule has 0 saturated heterocycles. The van der Waals surface area contributed by atoms with Crippen LogP contribution in [0.4, 0.5) is 0 Å². The zero-order valence-corrected chi connectivity index (χ0v) is 17.6. The largest absolute Gasteiger partial charge is 0.493 e. The third-order valence-corrected chi connectivity index (χ3v) is 4.60. The summed E-state index contributed by atoms with van der Waals surface area (Å²) in [6.45, 7) is 2.91. The lowest BCUT2D eigenvalue weighted by Gasteiger charge is -2.09. The van der Waals surface area contributed by atoms with Crippen molar-refractivity contribution in [1.29, 1.82) is 0 Å². The van der Waals surface area contributed by atoms with Crippen LogP contribution in [0.1, 0.15) is 18.2 Å². The highest BCUT2D eigenvalue weighted by Gasteiger charge is 2.07. The van der Waals surface area contributed by atoms with Crippen LogP contribution in [0.3, 0.4) is 0 Å². The highest BCUT2D eigenvalue weighted by Crippen LogP contribution is 2.28. The first-order valence-corrected chi connectivity index (χ1v) is 9.85. The minimum atomic E-state index is -0.192. The number of carbonyl (C=O) groups is 1. The van der Waals surface area contributed by atoms with Crippen molar-refractivity contribution in [3.8, 4) is 11.5 Å². The van der Waals surface area contributed by atoms with Gasteiger partial charge in [0.2, 0.25) is 5.91 Å². The topological polar surface area (TPSA) is 64.9 Å². The Labute approximate surface area is 179 Å². The zero-order chi connectivity index (χ0) is 20.8. The average molecular weight is 434 g/mol. The summed E-state index contributed by atoms with van der Waals surface area (Å²) in [7, 11) is 1.58. The van der Waals surface area contributed by atoms with Crippen LogP contribution in [0.15, 0.2) is 42.7 Å². The van der Waals surface area contributed by atoms with Crippen LogP contribution in [-0.4, -0.2) is 35.6 Å². The van der Waals surface area contributed by atoms with Gasteiger partial charge in [0.15, 0.2) is 17.1 Å². The van der Waals surface area contributed by atoms with E-state index in [-0.39, 0.29) is 5.91 Å².